The topological polar surface area (TPSA) is 171 Å². The van der Waals surface area contributed by atoms with E-state index in [4.69, 9.17) is 28.8 Å². The van der Waals surface area contributed by atoms with Crippen molar-refractivity contribution in [3.05, 3.63) is 160 Å². The Morgan fingerprint density at radius 2 is 1.73 bits per heavy atom. The molecule has 3 aromatic carbocycles. The van der Waals surface area contributed by atoms with E-state index >= 15 is 0 Å². The van der Waals surface area contributed by atoms with E-state index in [0.717, 1.165) is 177 Å². The number of ether oxygens (including phenoxy) is 4. The minimum Gasteiger partial charge on any atom is -0.492 e. The summed E-state index contributed by atoms with van der Waals surface area (Å²) in [4.78, 5) is 39.1. The Bertz CT molecular complexity index is 2990. The Morgan fingerprint density at radius 3 is 2.47 bits per heavy atom. The van der Waals surface area contributed by atoms with Gasteiger partial charge in [-0.1, -0.05) is 166 Å². The van der Waals surface area contributed by atoms with E-state index in [2.05, 4.69) is 91.2 Å². The van der Waals surface area contributed by atoms with Crippen LogP contribution >= 0.6 is 0 Å². The molecule has 3 unspecified atom stereocenters. The van der Waals surface area contributed by atoms with E-state index in [0.29, 0.717) is 23.7 Å². The maximum absolute atomic E-state index is 14.2. The van der Waals surface area contributed by atoms with Crippen LogP contribution in [0.25, 0.3) is 16.5 Å². The summed E-state index contributed by atoms with van der Waals surface area (Å²) in [7, 11) is 0. The van der Waals surface area contributed by atoms with Gasteiger partial charge in [-0.25, -0.2) is 4.68 Å². The van der Waals surface area contributed by atoms with Crippen LogP contribution in [0.4, 0.5) is 11.5 Å². The van der Waals surface area contributed by atoms with E-state index in [1.54, 1.807) is 12.2 Å². The van der Waals surface area contributed by atoms with Crippen molar-refractivity contribution < 1.29 is 33.3 Å². The number of amides is 2. The van der Waals surface area contributed by atoms with Crippen molar-refractivity contribution in [1.82, 2.24) is 25.3 Å². The lowest BCUT2D eigenvalue weighted by atomic mass is 9.73. The van der Waals surface area contributed by atoms with Gasteiger partial charge in [0.2, 0.25) is 6.41 Å². The van der Waals surface area contributed by atoms with Crippen molar-refractivity contribution >= 4 is 40.6 Å². The first kappa shape index (κ1) is 65.0. The number of rotatable bonds is 24. The monoisotopic (exact) mass is 1130 g/mol. The second-order valence-corrected chi connectivity index (χ2v) is 21.9. The first-order valence-electron chi connectivity index (χ1n) is 30.8. The van der Waals surface area contributed by atoms with Crippen LogP contribution in [0.5, 0.6) is 5.75 Å². The highest BCUT2D eigenvalue weighted by Crippen LogP contribution is 2.48. The molecule has 0 radical (unpaired) electrons. The normalized spacial score (nSPS) is 19.7. The van der Waals surface area contributed by atoms with Crippen molar-refractivity contribution in [2.24, 2.45) is 23.5 Å². The molecule has 5 N–H and O–H groups in total. The van der Waals surface area contributed by atoms with Crippen molar-refractivity contribution in [2.75, 3.05) is 51.3 Å². The zero-order valence-electron chi connectivity index (χ0n) is 51.3. The number of carbonyl (C=O) groups is 3. The van der Waals surface area contributed by atoms with E-state index < -0.39 is 6.10 Å². The predicted molar refractivity (Wildman–Crippen MR) is 337 cm³/mol. The standard InChI is InChI=1S/C66H86N6O6.C2H6.CH3NO/c1-9-12-15-22-50-43-57-64(48(8)63(56-28-20-33-67-58(56)29-14-11-3)78-65(57)53(47(50)7)25-13-10-2)77-62(73)30-19-23-51(40-45(4)5)66(74)68-44-49-21-18-24-52(42-49)72-61(41-46(6)70-72)69-59-31-32-60(55-27-17-16-26-54(55)59)76-39-36-71-34-37-75-38-35-71;1-2;2-1-3/h16-19,21,23-24,26-27,29,31-32,40-43,45,47,53,64,67,69H,8-15,20,22,25,28,30,33-39,44H2,1-7H3,(H,68,74);1-2H3;1H,(H2,2,3)/b23-19-,51-40+,58-29-,63-56+;;. The number of nitrogens with two attached hydrogens (primary N) is 1. The summed E-state index contributed by atoms with van der Waals surface area (Å²) in [5, 5.41) is 17.4. The smallest absolute Gasteiger partial charge is 0.310 e. The molecule has 3 atom stereocenters. The van der Waals surface area contributed by atoms with Crippen LogP contribution in [0, 0.1) is 24.7 Å². The van der Waals surface area contributed by atoms with Gasteiger partial charge in [-0.05, 0) is 87.1 Å². The summed E-state index contributed by atoms with van der Waals surface area (Å²) in [5.74, 6) is 3.28. The summed E-state index contributed by atoms with van der Waals surface area (Å²) in [5.41, 5.74) is 13.4. The molecule has 0 bridgehead atoms. The summed E-state index contributed by atoms with van der Waals surface area (Å²) in [6.45, 7) is 29.7. The number of nitrogens with zero attached hydrogens (tertiary/aromatic N) is 3. The van der Waals surface area contributed by atoms with Gasteiger partial charge in [-0.3, -0.25) is 19.3 Å². The summed E-state index contributed by atoms with van der Waals surface area (Å²) in [6, 6.07) is 22.5. The Labute approximate surface area is 495 Å². The van der Waals surface area contributed by atoms with Crippen molar-refractivity contribution in [1.29, 1.82) is 0 Å². The third-order valence-electron chi connectivity index (χ3n) is 15.3. The number of benzene rings is 3. The predicted octanol–water partition coefficient (Wildman–Crippen LogP) is 14.1. The van der Waals surface area contributed by atoms with Gasteiger partial charge in [0.1, 0.15) is 29.7 Å². The molecule has 14 heteroatoms. The average Bonchev–Trinajstić information content (AvgIpc) is 2.53. The minimum atomic E-state index is -0.686. The van der Waals surface area contributed by atoms with Gasteiger partial charge < -0.3 is 40.6 Å². The molecule has 83 heavy (non-hydrogen) atoms. The average molecular weight is 1130 g/mol. The fourth-order valence-corrected chi connectivity index (χ4v) is 11.1. The molecule has 4 heterocycles. The number of hydrogen-bond acceptors (Lipinski definition) is 11. The highest BCUT2D eigenvalue weighted by molar-refractivity contribution is 5.99. The molecule has 3 aliphatic heterocycles. The van der Waals surface area contributed by atoms with Crippen molar-refractivity contribution in [3.63, 3.8) is 0 Å². The van der Waals surface area contributed by atoms with E-state index in [1.165, 1.54) is 12.0 Å². The molecule has 2 saturated heterocycles. The molecule has 4 aromatic rings. The number of fused-ring (bicyclic) bond motifs is 1. The van der Waals surface area contributed by atoms with Crippen LogP contribution in [0.1, 0.15) is 144 Å². The number of carbonyl (C=O) groups excluding carboxylic acids is 3. The number of nitrogens with one attached hydrogen (secondary N) is 3. The second-order valence-electron chi connectivity index (χ2n) is 21.9. The Hall–Kier alpha value is -7.16. The Balaban J connectivity index is 0.00000214. The molecule has 14 nitrogen and oxygen atoms in total. The van der Waals surface area contributed by atoms with Crippen molar-refractivity contribution in [3.8, 4) is 11.4 Å². The van der Waals surface area contributed by atoms with Gasteiger partial charge in [0.15, 0.2) is 6.10 Å². The first-order valence-corrected chi connectivity index (χ1v) is 30.8. The molecule has 0 spiro atoms. The highest BCUT2D eigenvalue weighted by Gasteiger charge is 2.42. The van der Waals surface area contributed by atoms with Crippen LogP contribution in [-0.4, -0.2) is 85.1 Å². The first-order chi connectivity index (χ1) is 40.4. The number of aryl methyl sites for hydroxylation is 1. The van der Waals surface area contributed by atoms with Gasteiger partial charge in [0.25, 0.3) is 5.91 Å². The van der Waals surface area contributed by atoms with E-state index in [1.807, 2.05) is 93.9 Å². The molecule has 1 aliphatic carbocycles. The number of hydrogen-bond donors (Lipinski definition) is 4. The lowest BCUT2D eigenvalue weighted by Gasteiger charge is -2.41. The van der Waals surface area contributed by atoms with Crippen LogP contribution in [0.15, 0.2) is 149 Å². The van der Waals surface area contributed by atoms with Gasteiger partial charge in [0.05, 0.1) is 31.0 Å². The third-order valence-corrected chi connectivity index (χ3v) is 15.3. The molecule has 8 rings (SSSR count). The Kier molecular flexibility index (Phi) is 26.5. The third kappa shape index (κ3) is 18.2. The lowest BCUT2D eigenvalue weighted by Crippen LogP contribution is -2.38. The zero-order chi connectivity index (χ0) is 59.7. The van der Waals surface area contributed by atoms with Crippen molar-refractivity contribution in [2.45, 2.75) is 152 Å². The number of allylic oxidation sites excluding steroid dienone is 5. The van der Waals surface area contributed by atoms with Gasteiger partial charge in [-0.2, -0.15) is 5.10 Å². The quantitative estimate of drug-likeness (QED) is 0.0173. The lowest BCUT2D eigenvalue weighted by molar-refractivity contribution is -0.145. The van der Waals surface area contributed by atoms with Crippen LogP contribution in [0.3, 0.4) is 0 Å². The molecule has 4 aliphatic rings. The van der Waals surface area contributed by atoms with E-state index in [-0.39, 0.29) is 43.1 Å². The number of piperidine rings is 1. The molecular weight excluding hydrogens is 1040 g/mol. The van der Waals surface area contributed by atoms with Crippen LogP contribution in [0.2, 0.25) is 0 Å². The molecule has 2 amide bonds. The summed E-state index contributed by atoms with van der Waals surface area (Å²) < 4.78 is 27.4. The molecule has 2 fully saturated rings. The van der Waals surface area contributed by atoms with Gasteiger partial charge >= 0.3 is 5.97 Å². The number of primary amides is 1. The fraction of sp³-hybridized carbons (Fsp3) is 0.478. The number of anilines is 2. The Morgan fingerprint density at radius 1 is 0.976 bits per heavy atom. The molecule has 0 saturated carbocycles. The minimum absolute atomic E-state index is 0.0153. The number of morpholine rings is 1. The van der Waals surface area contributed by atoms with Crippen LogP contribution < -0.4 is 26.4 Å². The maximum Gasteiger partial charge on any atom is 0.310 e. The van der Waals surface area contributed by atoms with E-state index in [9.17, 15) is 9.59 Å². The van der Waals surface area contributed by atoms with Gasteiger partial charge in [0, 0.05) is 89.2 Å². The molecule has 1 aromatic heterocycles. The largest absolute Gasteiger partial charge is 0.492 e. The number of esters is 1. The zero-order valence-corrected chi connectivity index (χ0v) is 51.3. The van der Waals surface area contributed by atoms with Gasteiger partial charge in [-0.15, -0.1) is 0 Å². The fourth-order valence-electron chi connectivity index (χ4n) is 11.1. The summed E-state index contributed by atoms with van der Waals surface area (Å²) >= 11 is 0. The second kappa shape index (κ2) is 33.8. The number of unbranched alkanes of at least 4 members (excludes halogenated alkanes) is 4. The molecular formula is C69H95N7O7. The maximum atomic E-state index is 14.2. The summed E-state index contributed by atoms with van der Waals surface area (Å²) in [6.07, 6.45) is 21.0. The molecule has 448 valence electrons. The SMILES string of the molecule is C=C1/C(=C2/CCCN/C2=C\CCC)OC2=C(C=C(CCCCC)C(C)C2CCCC)C1OC(=O)C/C=C\C(=C/C(C)C)C(=O)NCc1cccc(-n2nc(C)cc2Nc2ccc(OCCN3CCOCC3)c3ccccc23)c1.CC.NC=O. The van der Waals surface area contributed by atoms with Crippen LogP contribution in [-0.2, 0) is 35.1 Å². The number of aromatic nitrogens is 2. The highest BCUT2D eigenvalue weighted by atomic mass is 16.6.